The van der Waals surface area contributed by atoms with E-state index in [0.29, 0.717) is 0 Å². The minimum atomic E-state index is 0.865. The number of allylic oxidation sites excluding steroid dienone is 1. The zero-order chi connectivity index (χ0) is 13.8. The third-order valence-corrected chi connectivity index (χ3v) is 5.31. The van der Waals surface area contributed by atoms with Gasteiger partial charge in [-0.15, -0.1) is 6.58 Å². The van der Waals surface area contributed by atoms with Crippen LogP contribution in [-0.4, -0.2) is 12.6 Å². The molecule has 0 aromatic heterocycles. The summed E-state index contributed by atoms with van der Waals surface area (Å²) in [6.07, 6.45) is 9.80. The Balaban J connectivity index is 1.84. The SMILES string of the molecule is C=C(C)CCC1CC(C(C)C)CCC1CNC1CC1. The van der Waals surface area contributed by atoms with Crippen LogP contribution in [0.15, 0.2) is 12.2 Å². The van der Waals surface area contributed by atoms with Crippen LogP contribution in [0.25, 0.3) is 0 Å². The fraction of sp³-hybridized carbons (Fsp3) is 0.889. The van der Waals surface area contributed by atoms with Gasteiger partial charge in [-0.05, 0) is 82.1 Å². The molecule has 19 heavy (non-hydrogen) atoms. The van der Waals surface area contributed by atoms with E-state index in [-0.39, 0.29) is 0 Å². The van der Waals surface area contributed by atoms with E-state index in [2.05, 4.69) is 32.7 Å². The Morgan fingerprint density at radius 1 is 1.16 bits per heavy atom. The number of nitrogens with one attached hydrogen (secondary N) is 1. The molecule has 1 heteroatoms. The molecule has 110 valence electrons. The highest BCUT2D eigenvalue weighted by Gasteiger charge is 2.32. The molecule has 2 saturated carbocycles. The van der Waals surface area contributed by atoms with Gasteiger partial charge in [-0.2, -0.15) is 0 Å². The molecule has 2 rings (SSSR count). The maximum absolute atomic E-state index is 4.09. The predicted molar refractivity (Wildman–Crippen MR) is 84.2 cm³/mol. The van der Waals surface area contributed by atoms with Crippen molar-refractivity contribution in [1.29, 1.82) is 0 Å². The van der Waals surface area contributed by atoms with E-state index < -0.39 is 0 Å². The fourth-order valence-corrected chi connectivity index (χ4v) is 3.63. The molecule has 2 aliphatic rings. The molecular formula is C18H33N. The number of rotatable bonds is 7. The summed E-state index contributed by atoms with van der Waals surface area (Å²) in [5, 5.41) is 3.77. The van der Waals surface area contributed by atoms with Crippen LogP contribution in [0.5, 0.6) is 0 Å². The highest BCUT2D eigenvalue weighted by atomic mass is 14.9. The summed E-state index contributed by atoms with van der Waals surface area (Å²) in [5.41, 5.74) is 1.36. The van der Waals surface area contributed by atoms with Gasteiger partial charge in [0.2, 0.25) is 0 Å². The van der Waals surface area contributed by atoms with Crippen molar-refractivity contribution in [3.8, 4) is 0 Å². The summed E-state index contributed by atoms with van der Waals surface area (Å²) >= 11 is 0. The van der Waals surface area contributed by atoms with Crippen LogP contribution in [0.4, 0.5) is 0 Å². The van der Waals surface area contributed by atoms with Crippen molar-refractivity contribution in [3.05, 3.63) is 12.2 Å². The van der Waals surface area contributed by atoms with Crippen LogP contribution in [0.1, 0.15) is 65.7 Å². The number of hydrogen-bond donors (Lipinski definition) is 1. The molecular weight excluding hydrogens is 230 g/mol. The quantitative estimate of drug-likeness (QED) is 0.652. The Labute approximate surface area is 120 Å². The zero-order valence-corrected chi connectivity index (χ0v) is 13.3. The first-order valence-corrected chi connectivity index (χ1v) is 8.44. The van der Waals surface area contributed by atoms with Crippen molar-refractivity contribution in [2.75, 3.05) is 6.54 Å². The molecule has 0 saturated heterocycles. The lowest BCUT2D eigenvalue weighted by atomic mass is 9.69. The lowest BCUT2D eigenvalue weighted by molar-refractivity contribution is 0.137. The second-order valence-corrected chi connectivity index (χ2v) is 7.52. The topological polar surface area (TPSA) is 12.0 Å². The first-order valence-electron chi connectivity index (χ1n) is 8.44. The summed E-state index contributed by atoms with van der Waals surface area (Å²) in [7, 11) is 0. The molecule has 0 spiro atoms. The molecule has 3 unspecified atom stereocenters. The Morgan fingerprint density at radius 3 is 2.47 bits per heavy atom. The fourth-order valence-electron chi connectivity index (χ4n) is 3.63. The summed E-state index contributed by atoms with van der Waals surface area (Å²) in [6.45, 7) is 12.4. The maximum atomic E-state index is 4.09. The highest BCUT2D eigenvalue weighted by Crippen LogP contribution is 2.40. The van der Waals surface area contributed by atoms with Crippen molar-refractivity contribution in [1.82, 2.24) is 5.32 Å². The Bertz CT molecular complexity index is 290. The summed E-state index contributed by atoms with van der Waals surface area (Å²) in [4.78, 5) is 0. The van der Waals surface area contributed by atoms with E-state index in [1.807, 2.05) is 0 Å². The lowest BCUT2D eigenvalue weighted by Gasteiger charge is -2.38. The van der Waals surface area contributed by atoms with Crippen molar-refractivity contribution in [2.45, 2.75) is 71.8 Å². The molecule has 2 aliphatic carbocycles. The van der Waals surface area contributed by atoms with E-state index in [9.17, 15) is 0 Å². The molecule has 0 aromatic carbocycles. The second-order valence-electron chi connectivity index (χ2n) is 7.52. The van der Waals surface area contributed by atoms with Gasteiger partial charge in [0, 0.05) is 6.04 Å². The van der Waals surface area contributed by atoms with Crippen molar-refractivity contribution < 1.29 is 0 Å². The molecule has 1 N–H and O–H groups in total. The third kappa shape index (κ3) is 4.95. The monoisotopic (exact) mass is 263 g/mol. The molecule has 0 amide bonds. The van der Waals surface area contributed by atoms with Gasteiger partial charge < -0.3 is 5.32 Å². The minimum absolute atomic E-state index is 0.865. The largest absolute Gasteiger partial charge is 0.314 e. The van der Waals surface area contributed by atoms with E-state index in [1.54, 1.807) is 0 Å². The van der Waals surface area contributed by atoms with E-state index in [0.717, 1.165) is 29.7 Å². The van der Waals surface area contributed by atoms with Crippen molar-refractivity contribution in [2.24, 2.45) is 23.7 Å². The Morgan fingerprint density at radius 2 is 1.89 bits per heavy atom. The van der Waals surface area contributed by atoms with Gasteiger partial charge in [-0.1, -0.05) is 19.4 Å². The zero-order valence-electron chi connectivity index (χ0n) is 13.3. The normalized spacial score (nSPS) is 31.7. The van der Waals surface area contributed by atoms with E-state index in [4.69, 9.17) is 0 Å². The third-order valence-electron chi connectivity index (χ3n) is 5.31. The summed E-state index contributed by atoms with van der Waals surface area (Å²) in [5.74, 6) is 3.69. The standard InChI is InChI=1S/C18H33N/c1-13(2)5-6-16-11-15(14(3)4)7-8-17(16)12-19-18-9-10-18/h14-19H,1,5-12H2,2-4H3. The van der Waals surface area contributed by atoms with Crippen LogP contribution in [0, 0.1) is 23.7 Å². The first-order chi connectivity index (χ1) is 9.06. The van der Waals surface area contributed by atoms with Crippen molar-refractivity contribution in [3.63, 3.8) is 0 Å². The maximum Gasteiger partial charge on any atom is 0.00683 e. The minimum Gasteiger partial charge on any atom is -0.314 e. The smallest absolute Gasteiger partial charge is 0.00683 e. The van der Waals surface area contributed by atoms with Gasteiger partial charge in [-0.25, -0.2) is 0 Å². The van der Waals surface area contributed by atoms with Crippen LogP contribution in [0.2, 0.25) is 0 Å². The average Bonchev–Trinajstić information content (AvgIpc) is 3.18. The molecule has 3 atom stereocenters. The molecule has 2 fully saturated rings. The Hall–Kier alpha value is -0.300. The second kappa shape index (κ2) is 6.92. The van der Waals surface area contributed by atoms with E-state index in [1.165, 1.54) is 57.1 Å². The average molecular weight is 263 g/mol. The molecule has 1 nitrogen and oxygen atoms in total. The Kier molecular flexibility index (Phi) is 5.50. The highest BCUT2D eigenvalue weighted by molar-refractivity contribution is 4.92. The first kappa shape index (κ1) is 15.1. The van der Waals surface area contributed by atoms with Gasteiger partial charge in [0.05, 0.1) is 0 Å². The van der Waals surface area contributed by atoms with Gasteiger partial charge in [0.1, 0.15) is 0 Å². The molecule has 0 aromatic rings. The van der Waals surface area contributed by atoms with Crippen LogP contribution < -0.4 is 5.32 Å². The van der Waals surface area contributed by atoms with Gasteiger partial charge >= 0.3 is 0 Å². The molecule has 0 aliphatic heterocycles. The van der Waals surface area contributed by atoms with Crippen molar-refractivity contribution >= 4 is 0 Å². The molecule has 0 heterocycles. The molecule has 0 bridgehead atoms. The predicted octanol–water partition coefficient (Wildman–Crippen LogP) is 4.78. The van der Waals surface area contributed by atoms with Gasteiger partial charge in [0.25, 0.3) is 0 Å². The summed E-state index contributed by atoms with van der Waals surface area (Å²) < 4.78 is 0. The lowest BCUT2D eigenvalue weighted by Crippen LogP contribution is -2.35. The van der Waals surface area contributed by atoms with Gasteiger partial charge in [0.15, 0.2) is 0 Å². The van der Waals surface area contributed by atoms with E-state index >= 15 is 0 Å². The van der Waals surface area contributed by atoms with Crippen LogP contribution in [0.3, 0.4) is 0 Å². The molecule has 0 radical (unpaired) electrons. The van der Waals surface area contributed by atoms with Gasteiger partial charge in [-0.3, -0.25) is 0 Å². The van der Waals surface area contributed by atoms with Crippen LogP contribution in [-0.2, 0) is 0 Å². The van der Waals surface area contributed by atoms with Crippen LogP contribution >= 0.6 is 0 Å². The summed E-state index contributed by atoms with van der Waals surface area (Å²) in [6, 6.07) is 0.865. The number of hydrogen-bond acceptors (Lipinski definition) is 1.